The first-order chi connectivity index (χ1) is 23.0. The molecule has 0 N–H and O–H groups in total. The van der Waals surface area contributed by atoms with E-state index in [1.165, 1.54) is 50.1 Å². The number of hydrogen-bond acceptors (Lipinski definition) is 3. The Labute approximate surface area is 320 Å². The zero-order valence-electron chi connectivity index (χ0n) is 37.2. The van der Waals surface area contributed by atoms with E-state index in [1.54, 1.807) is 0 Å². The summed E-state index contributed by atoms with van der Waals surface area (Å²) in [6, 6.07) is 14.7. The maximum atomic E-state index is 7.79. The van der Waals surface area contributed by atoms with E-state index in [-0.39, 0.29) is 32.5 Å². The van der Waals surface area contributed by atoms with Crippen molar-refractivity contribution in [3.8, 4) is 17.2 Å². The average Bonchev–Trinajstić information content (AvgIpc) is 2.91. The van der Waals surface area contributed by atoms with Crippen LogP contribution in [0.2, 0.25) is 5.04 Å². The Morgan fingerprint density at radius 1 is 0.365 bits per heavy atom. The number of hydrogen-bond donors (Lipinski definition) is 0. The molecule has 4 heteroatoms. The van der Waals surface area contributed by atoms with Crippen molar-refractivity contribution in [1.29, 1.82) is 0 Å². The van der Waals surface area contributed by atoms with Gasteiger partial charge in [0.1, 0.15) is 17.2 Å². The molecule has 2 bridgehead atoms. The van der Waals surface area contributed by atoms with Gasteiger partial charge in [0.2, 0.25) is 0 Å². The van der Waals surface area contributed by atoms with Crippen LogP contribution in [0.1, 0.15) is 202 Å². The van der Waals surface area contributed by atoms with Crippen molar-refractivity contribution in [3.63, 3.8) is 0 Å². The highest BCUT2D eigenvalue weighted by molar-refractivity contribution is 6.66. The molecule has 6 rings (SSSR count). The summed E-state index contributed by atoms with van der Waals surface area (Å²) in [6.45, 7) is 51.0. The van der Waals surface area contributed by atoms with Gasteiger partial charge in [-0.15, -0.1) is 0 Å². The van der Waals surface area contributed by atoms with Gasteiger partial charge in [-0.05, 0) is 72.8 Å². The van der Waals surface area contributed by atoms with Crippen molar-refractivity contribution in [2.75, 3.05) is 0 Å². The Hall–Kier alpha value is -2.72. The van der Waals surface area contributed by atoms with Gasteiger partial charge in [-0.2, -0.15) is 0 Å². The zero-order valence-corrected chi connectivity index (χ0v) is 38.2. The second kappa shape index (κ2) is 11.6. The van der Waals surface area contributed by atoms with Gasteiger partial charge in [0, 0.05) is 16.7 Å². The molecule has 0 saturated carbocycles. The molecule has 0 aliphatic carbocycles. The van der Waals surface area contributed by atoms with Crippen LogP contribution in [0.15, 0.2) is 36.4 Å². The van der Waals surface area contributed by atoms with Gasteiger partial charge >= 0.3 is 8.80 Å². The minimum atomic E-state index is -3.74. The highest BCUT2D eigenvalue weighted by atomic mass is 28.4. The lowest BCUT2D eigenvalue weighted by Gasteiger charge is -2.51. The van der Waals surface area contributed by atoms with Crippen LogP contribution < -0.4 is 13.3 Å². The third-order valence-electron chi connectivity index (χ3n) is 11.5. The Kier molecular flexibility index (Phi) is 9.06. The van der Waals surface area contributed by atoms with E-state index in [1.807, 2.05) is 0 Å². The van der Waals surface area contributed by atoms with Gasteiger partial charge in [-0.3, -0.25) is 0 Å². The van der Waals surface area contributed by atoms with Gasteiger partial charge in [-0.1, -0.05) is 182 Å². The largest absolute Gasteiger partial charge is 0.705 e. The fourth-order valence-electron chi connectivity index (χ4n) is 7.66. The Balaban J connectivity index is 2.26. The van der Waals surface area contributed by atoms with E-state index in [0.717, 1.165) is 17.2 Å². The molecule has 0 fully saturated rings. The highest BCUT2D eigenvalue weighted by Crippen LogP contribution is 2.61. The summed E-state index contributed by atoms with van der Waals surface area (Å²) in [5.41, 5.74) is 9.56. The summed E-state index contributed by atoms with van der Waals surface area (Å²) in [5.74, 6) is 2.79. The van der Waals surface area contributed by atoms with E-state index in [0.29, 0.717) is 0 Å². The van der Waals surface area contributed by atoms with Gasteiger partial charge in [0.05, 0.1) is 10.5 Å². The summed E-state index contributed by atoms with van der Waals surface area (Å²) in [5, 5.41) is -0.489. The molecule has 3 nitrogen and oxygen atoms in total. The molecule has 0 unspecified atom stereocenters. The maximum absolute atomic E-state index is 7.79. The molecule has 3 aliphatic heterocycles. The van der Waals surface area contributed by atoms with Gasteiger partial charge in [0.15, 0.2) is 0 Å². The van der Waals surface area contributed by atoms with Crippen molar-refractivity contribution in [3.05, 3.63) is 86.5 Å². The van der Waals surface area contributed by atoms with Crippen LogP contribution in [-0.4, -0.2) is 8.80 Å². The van der Waals surface area contributed by atoms with Crippen LogP contribution in [0.25, 0.3) is 0 Å². The molecule has 3 aliphatic rings. The van der Waals surface area contributed by atoms with Crippen LogP contribution >= 0.6 is 0 Å². The number of benzene rings is 3. The molecule has 0 saturated heterocycles. The first kappa shape index (κ1) is 40.5. The van der Waals surface area contributed by atoms with Crippen LogP contribution in [0.4, 0.5) is 0 Å². The second-order valence-electron chi connectivity index (χ2n) is 23.4. The van der Waals surface area contributed by atoms with Crippen LogP contribution in [0, 0.1) is 0 Å². The van der Waals surface area contributed by atoms with Crippen LogP contribution in [0.3, 0.4) is 0 Å². The SMILES string of the molecule is CC(C)(C)c1cc(C(C)(C)C)c2c(c1)C1(C)c3cc(C(C)(C)C)cc(C(C)(C)C)c3O[Si](C(C)(C)C)(O2)Oc2c(C(C)(C)C)cc(C(C)(C)C)cc21. The standard InChI is InChI=1S/C48H72O3Si/c1-41(2,3)29-23-32(44(10,11)12)38-35(26-29)48(22)36-27-30(42(4,5)6)24-33(45(13,14)15)39(36)50-52(49-38,47(19,20)21)51-40-34(46(16,17)18)25-31(28-37(40)48)43(7,8)9/h23-28H,1-22H3. The smallest absolute Gasteiger partial charge is 0.482 e. The molecular formula is C48H72O3Si. The van der Waals surface area contributed by atoms with Crippen molar-refractivity contribution in [1.82, 2.24) is 0 Å². The summed E-state index contributed by atoms with van der Waals surface area (Å²) >= 11 is 0. The number of rotatable bonds is 0. The first-order valence-corrected chi connectivity index (χ1v) is 21.4. The molecule has 286 valence electrons. The fourth-order valence-corrected chi connectivity index (χ4v) is 10.2. The van der Waals surface area contributed by atoms with Gasteiger partial charge in [0.25, 0.3) is 0 Å². The third kappa shape index (κ3) is 6.66. The minimum absolute atomic E-state index is 0.0900. The fraction of sp³-hybridized carbons (Fsp3) is 0.625. The van der Waals surface area contributed by atoms with Crippen LogP contribution in [-0.2, 0) is 37.9 Å². The molecule has 3 aromatic carbocycles. The van der Waals surface area contributed by atoms with Crippen molar-refractivity contribution in [2.45, 2.75) is 195 Å². The average molecular weight is 725 g/mol. The van der Waals surface area contributed by atoms with Gasteiger partial charge < -0.3 is 13.3 Å². The lowest BCUT2D eigenvalue weighted by Crippen LogP contribution is -2.64. The zero-order chi connectivity index (χ0) is 39.8. The second-order valence-corrected chi connectivity index (χ2v) is 26.7. The Bertz CT molecular complexity index is 1690. The monoisotopic (exact) mass is 725 g/mol. The van der Waals surface area contributed by atoms with Crippen molar-refractivity contribution in [2.24, 2.45) is 0 Å². The minimum Gasteiger partial charge on any atom is -0.482 e. The van der Waals surface area contributed by atoms with E-state index < -0.39 is 19.3 Å². The normalized spacial score (nSPS) is 21.1. The van der Waals surface area contributed by atoms with Crippen LogP contribution in [0.5, 0.6) is 17.2 Å². The van der Waals surface area contributed by atoms with E-state index in [2.05, 4.69) is 189 Å². The molecule has 0 radical (unpaired) electrons. The van der Waals surface area contributed by atoms with E-state index in [4.69, 9.17) is 13.3 Å². The maximum Gasteiger partial charge on any atom is 0.705 e. The quantitative estimate of drug-likeness (QED) is 0.216. The molecule has 0 aromatic heterocycles. The van der Waals surface area contributed by atoms with E-state index in [9.17, 15) is 0 Å². The highest BCUT2D eigenvalue weighted by Gasteiger charge is 2.66. The first-order valence-electron chi connectivity index (χ1n) is 19.7. The summed E-state index contributed by atoms with van der Waals surface area (Å²) in [4.78, 5) is 0. The lowest BCUT2D eigenvalue weighted by atomic mass is 9.63. The third-order valence-corrected chi connectivity index (χ3v) is 14.8. The molecule has 0 atom stereocenters. The lowest BCUT2D eigenvalue weighted by molar-refractivity contribution is 0.202. The molecule has 52 heavy (non-hydrogen) atoms. The molecule has 0 spiro atoms. The Morgan fingerprint density at radius 2 is 0.596 bits per heavy atom. The summed E-state index contributed by atoms with van der Waals surface area (Å²) < 4.78 is 23.4. The topological polar surface area (TPSA) is 27.7 Å². The molecule has 0 amide bonds. The van der Waals surface area contributed by atoms with Gasteiger partial charge in [-0.25, -0.2) is 0 Å². The predicted octanol–water partition coefficient (Wildman–Crippen LogP) is 13.7. The molecular weight excluding hydrogens is 653 g/mol. The predicted molar refractivity (Wildman–Crippen MR) is 224 cm³/mol. The molecule has 3 heterocycles. The summed E-state index contributed by atoms with van der Waals surface area (Å²) in [6.07, 6.45) is 0. The Morgan fingerprint density at radius 3 is 0.769 bits per heavy atom. The molecule has 3 aromatic rings. The summed E-state index contributed by atoms with van der Waals surface area (Å²) in [7, 11) is -3.74. The van der Waals surface area contributed by atoms with E-state index >= 15 is 0 Å². The van der Waals surface area contributed by atoms with Crippen molar-refractivity contribution >= 4 is 8.80 Å². The van der Waals surface area contributed by atoms with Crippen molar-refractivity contribution < 1.29 is 13.3 Å².